The highest BCUT2D eigenvalue weighted by Gasteiger charge is 2.34. The van der Waals surface area contributed by atoms with Crippen LogP contribution in [0.15, 0.2) is 60.3 Å². The lowest BCUT2D eigenvalue weighted by Gasteiger charge is -2.38. The Kier molecular flexibility index (Phi) is 5.68. The normalized spacial score (nSPS) is 22.4. The van der Waals surface area contributed by atoms with E-state index in [0.29, 0.717) is 17.8 Å². The SMILES string of the molecule is O=C(O)/C=C(/C(=O)O)N1NN(c2ccc(N3CCN4CCC3CC4)cc2)C(=O)c2ccccc21. The van der Waals surface area contributed by atoms with Gasteiger partial charge in [0.2, 0.25) is 0 Å². The number of para-hydroxylation sites is 1. The minimum atomic E-state index is -1.44. The van der Waals surface area contributed by atoms with Crippen LogP contribution in [-0.4, -0.2) is 65.2 Å². The van der Waals surface area contributed by atoms with E-state index in [1.165, 1.54) is 5.01 Å². The van der Waals surface area contributed by atoms with Crippen molar-refractivity contribution in [2.24, 2.45) is 0 Å². The molecular formula is C24H25N5O5. The van der Waals surface area contributed by atoms with E-state index in [2.05, 4.69) is 15.3 Å². The molecule has 2 bridgehead atoms. The first kappa shape index (κ1) is 21.9. The van der Waals surface area contributed by atoms with Gasteiger partial charge in [-0.05, 0) is 49.2 Å². The monoisotopic (exact) mass is 463 g/mol. The third-order valence-corrected chi connectivity index (χ3v) is 6.59. The van der Waals surface area contributed by atoms with E-state index < -0.39 is 17.6 Å². The van der Waals surface area contributed by atoms with Crippen molar-refractivity contribution in [2.75, 3.05) is 41.1 Å². The number of hydrazine groups is 2. The number of carbonyl (C=O) groups is 3. The zero-order valence-electron chi connectivity index (χ0n) is 18.4. The second-order valence-corrected chi connectivity index (χ2v) is 8.55. The average molecular weight is 463 g/mol. The fraction of sp³-hybridized carbons (Fsp3) is 0.292. The van der Waals surface area contributed by atoms with Crippen LogP contribution in [-0.2, 0) is 9.59 Å². The number of aliphatic carboxylic acids is 2. The molecule has 4 heterocycles. The molecule has 6 rings (SSSR count). The maximum atomic E-state index is 13.3. The molecule has 176 valence electrons. The Morgan fingerprint density at radius 2 is 1.59 bits per heavy atom. The smallest absolute Gasteiger partial charge is 0.354 e. The van der Waals surface area contributed by atoms with Crippen molar-refractivity contribution >= 4 is 34.9 Å². The highest BCUT2D eigenvalue weighted by Crippen LogP contribution is 2.32. The molecular weight excluding hydrogens is 438 g/mol. The Morgan fingerprint density at radius 3 is 2.26 bits per heavy atom. The fourth-order valence-electron chi connectivity index (χ4n) is 4.89. The Hall–Kier alpha value is -3.89. The molecule has 1 amide bonds. The van der Waals surface area contributed by atoms with Crippen LogP contribution in [0.2, 0.25) is 0 Å². The highest BCUT2D eigenvalue weighted by molar-refractivity contribution is 6.12. The van der Waals surface area contributed by atoms with Crippen LogP contribution in [0.1, 0.15) is 23.2 Å². The number of hydrogen-bond acceptors (Lipinski definition) is 7. The van der Waals surface area contributed by atoms with Crippen molar-refractivity contribution < 1.29 is 24.6 Å². The lowest BCUT2D eigenvalue weighted by molar-refractivity contribution is -0.135. The number of fused-ring (bicyclic) bond motifs is 5. The van der Waals surface area contributed by atoms with Crippen molar-refractivity contribution in [1.82, 2.24) is 10.4 Å². The highest BCUT2D eigenvalue weighted by atomic mass is 16.4. The van der Waals surface area contributed by atoms with Crippen LogP contribution in [0, 0.1) is 0 Å². The number of carboxylic acids is 2. The lowest BCUT2D eigenvalue weighted by atomic mass is 10.0. The van der Waals surface area contributed by atoms with E-state index in [9.17, 15) is 24.6 Å². The minimum Gasteiger partial charge on any atom is -0.478 e. The number of nitrogens with zero attached hydrogens (tertiary/aromatic N) is 4. The van der Waals surface area contributed by atoms with E-state index in [4.69, 9.17) is 0 Å². The summed E-state index contributed by atoms with van der Waals surface area (Å²) in [6, 6.07) is 14.5. The van der Waals surface area contributed by atoms with Gasteiger partial charge < -0.3 is 20.0 Å². The topological polar surface area (TPSA) is 117 Å². The first-order valence-electron chi connectivity index (χ1n) is 11.2. The number of piperidine rings is 1. The number of anilines is 3. The second-order valence-electron chi connectivity index (χ2n) is 8.55. The maximum Gasteiger partial charge on any atom is 0.354 e. The number of hydrogen-bond donors (Lipinski definition) is 3. The molecule has 3 N–H and O–H groups in total. The molecule has 10 nitrogen and oxygen atoms in total. The average Bonchev–Trinajstić information content (AvgIpc) is 3.17. The van der Waals surface area contributed by atoms with E-state index in [1.807, 2.05) is 24.3 Å². The third kappa shape index (κ3) is 3.97. The van der Waals surface area contributed by atoms with Crippen LogP contribution in [0.5, 0.6) is 0 Å². The van der Waals surface area contributed by atoms with Crippen molar-refractivity contribution in [3.05, 3.63) is 65.9 Å². The van der Waals surface area contributed by atoms with Crippen molar-refractivity contribution in [3.8, 4) is 0 Å². The van der Waals surface area contributed by atoms with Gasteiger partial charge in [-0.1, -0.05) is 12.1 Å². The Morgan fingerprint density at radius 1 is 0.912 bits per heavy atom. The number of rotatable bonds is 5. The molecule has 10 heteroatoms. The van der Waals surface area contributed by atoms with E-state index in [0.717, 1.165) is 49.7 Å². The van der Waals surface area contributed by atoms with Gasteiger partial charge in [0.15, 0.2) is 5.70 Å². The van der Waals surface area contributed by atoms with Gasteiger partial charge >= 0.3 is 11.9 Å². The molecule has 4 aliphatic heterocycles. The summed E-state index contributed by atoms with van der Waals surface area (Å²) in [6.07, 6.45) is 2.86. The Bertz CT molecular complexity index is 1160. The molecule has 0 spiro atoms. The quantitative estimate of drug-likeness (QED) is 0.572. The molecule has 3 saturated heterocycles. The van der Waals surface area contributed by atoms with Crippen molar-refractivity contribution in [3.63, 3.8) is 0 Å². The number of benzene rings is 2. The molecule has 0 unspecified atom stereocenters. The van der Waals surface area contributed by atoms with E-state index in [1.54, 1.807) is 24.3 Å². The Balaban J connectivity index is 1.47. The molecule has 34 heavy (non-hydrogen) atoms. The number of carboxylic acid groups (broad SMARTS) is 2. The van der Waals surface area contributed by atoms with Gasteiger partial charge in [0, 0.05) is 37.9 Å². The zero-order valence-corrected chi connectivity index (χ0v) is 18.4. The summed E-state index contributed by atoms with van der Waals surface area (Å²) < 4.78 is 0. The predicted molar refractivity (Wildman–Crippen MR) is 125 cm³/mol. The predicted octanol–water partition coefficient (Wildman–Crippen LogP) is 1.91. The Labute approximate surface area is 196 Å². The molecule has 0 radical (unpaired) electrons. The number of carbonyl (C=O) groups excluding carboxylic acids is 1. The molecule has 2 aromatic carbocycles. The molecule has 4 aliphatic rings. The summed E-state index contributed by atoms with van der Waals surface area (Å²) in [7, 11) is 0. The molecule has 3 fully saturated rings. The summed E-state index contributed by atoms with van der Waals surface area (Å²) in [5.41, 5.74) is 4.36. The van der Waals surface area contributed by atoms with Crippen LogP contribution in [0.25, 0.3) is 0 Å². The summed E-state index contributed by atoms with van der Waals surface area (Å²) in [4.78, 5) is 41.3. The largest absolute Gasteiger partial charge is 0.478 e. The summed E-state index contributed by atoms with van der Waals surface area (Å²) >= 11 is 0. The first-order valence-corrected chi connectivity index (χ1v) is 11.2. The fourth-order valence-corrected chi connectivity index (χ4v) is 4.89. The number of amides is 1. The van der Waals surface area contributed by atoms with E-state index >= 15 is 0 Å². The maximum absolute atomic E-state index is 13.3. The summed E-state index contributed by atoms with van der Waals surface area (Å²) in [5.74, 6) is -3.23. The summed E-state index contributed by atoms with van der Waals surface area (Å²) in [5, 5.41) is 21.2. The first-order chi connectivity index (χ1) is 16.4. The second kappa shape index (κ2) is 8.81. The van der Waals surface area contributed by atoms with Crippen molar-refractivity contribution in [2.45, 2.75) is 18.9 Å². The molecule has 0 aromatic heterocycles. The molecule has 2 aromatic rings. The van der Waals surface area contributed by atoms with Gasteiger partial charge in [-0.15, -0.1) is 5.53 Å². The van der Waals surface area contributed by atoms with Gasteiger partial charge in [0.05, 0.1) is 23.0 Å². The lowest BCUT2D eigenvalue weighted by Crippen LogP contribution is -2.57. The summed E-state index contributed by atoms with van der Waals surface area (Å²) in [6.45, 7) is 4.23. The van der Waals surface area contributed by atoms with Crippen LogP contribution >= 0.6 is 0 Å². The van der Waals surface area contributed by atoms with Crippen molar-refractivity contribution in [1.29, 1.82) is 0 Å². The van der Waals surface area contributed by atoms with Crippen LogP contribution in [0.4, 0.5) is 17.1 Å². The van der Waals surface area contributed by atoms with E-state index in [-0.39, 0.29) is 17.2 Å². The molecule has 0 atom stereocenters. The zero-order chi connectivity index (χ0) is 23.8. The van der Waals surface area contributed by atoms with Crippen LogP contribution < -0.4 is 20.5 Å². The van der Waals surface area contributed by atoms with Gasteiger partial charge in [-0.2, -0.15) is 0 Å². The standard InChI is InChI=1S/C24H25N5O5/c30-22(31)15-21(24(33)34)29-20-4-2-1-3-19(20)23(32)28(25-29)18-7-5-16(6-8-18)27-14-13-26-11-9-17(27)10-12-26/h1-8,15,17,25H,9-14H2,(H,30,31)(H,33,34)/b21-15-. The number of nitrogens with one attached hydrogen (secondary N) is 1. The third-order valence-electron chi connectivity index (χ3n) is 6.59. The van der Waals surface area contributed by atoms with Gasteiger partial charge in [0.1, 0.15) is 0 Å². The minimum absolute atomic E-state index is 0.251. The molecule has 0 aliphatic carbocycles. The van der Waals surface area contributed by atoms with Gasteiger partial charge in [0.25, 0.3) is 5.91 Å². The molecule has 0 saturated carbocycles. The van der Waals surface area contributed by atoms with Gasteiger partial charge in [-0.25, -0.2) is 14.6 Å². The van der Waals surface area contributed by atoms with Gasteiger partial charge in [-0.3, -0.25) is 9.80 Å². The van der Waals surface area contributed by atoms with Crippen LogP contribution in [0.3, 0.4) is 0 Å².